The summed E-state index contributed by atoms with van der Waals surface area (Å²) >= 11 is 0. The highest BCUT2D eigenvalue weighted by Gasteiger charge is 2.17. The molecular formula is C13H19N3O. The first kappa shape index (κ1) is 10.8. The summed E-state index contributed by atoms with van der Waals surface area (Å²) in [5.41, 5.74) is 1.20. The number of ether oxygens (including phenoxy) is 1. The van der Waals surface area contributed by atoms with Crippen LogP contribution in [0.15, 0.2) is 18.5 Å². The molecule has 17 heavy (non-hydrogen) atoms. The van der Waals surface area contributed by atoms with Crippen LogP contribution in [0.25, 0.3) is 0 Å². The van der Waals surface area contributed by atoms with Crippen LogP contribution in [0.1, 0.15) is 19.3 Å². The molecule has 0 saturated carbocycles. The van der Waals surface area contributed by atoms with Crippen LogP contribution in [0.2, 0.25) is 0 Å². The predicted molar refractivity (Wildman–Crippen MR) is 67.6 cm³/mol. The molecule has 2 fully saturated rings. The maximum Gasteiger partial charge on any atom is 0.139 e. The first-order valence-corrected chi connectivity index (χ1v) is 6.48. The average Bonchev–Trinajstić information content (AvgIpc) is 2.81. The molecule has 1 N–H and O–H groups in total. The fourth-order valence-corrected chi connectivity index (χ4v) is 2.32. The highest BCUT2D eigenvalue weighted by molar-refractivity contribution is 5.48. The van der Waals surface area contributed by atoms with Gasteiger partial charge in [0.2, 0.25) is 0 Å². The van der Waals surface area contributed by atoms with Gasteiger partial charge in [-0.1, -0.05) is 0 Å². The van der Waals surface area contributed by atoms with Crippen LogP contribution in [0.5, 0.6) is 5.75 Å². The van der Waals surface area contributed by atoms with Crippen LogP contribution < -0.4 is 15.0 Å². The number of hydrogen-bond donors (Lipinski definition) is 1. The van der Waals surface area contributed by atoms with E-state index in [1.807, 2.05) is 6.20 Å². The lowest BCUT2D eigenvalue weighted by atomic mass is 10.1. The van der Waals surface area contributed by atoms with Crippen LogP contribution in [0, 0.1) is 0 Å². The van der Waals surface area contributed by atoms with E-state index in [9.17, 15) is 0 Å². The Morgan fingerprint density at radius 2 is 2.18 bits per heavy atom. The standard InChI is InChI=1S/C13H19N3O/c1-2-6-16(5-1)12-7-13(9-14-8-12)17-10-11-3-4-15-11/h7-9,11,15H,1-6,10H2/t11-/m0/s1. The highest BCUT2D eigenvalue weighted by atomic mass is 16.5. The van der Waals surface area contributed by atoms with E-state index in [2.05, 4.69) is 21.3 Å². The van der Waals surface area contributed by atoms with Crippen molar-refractivity contribution in [3.63, 3.8) is 0 Å². The van der Waals surface area contributed by atoms with Crippen molar-refractivity contribution in [2.45, 2.75) is 25.3 Å². The molecule has 4 heteroatoms. The fourth-order valence-electron chi connectivity index (χ4n) is 2.32. The quantitative estimate of drug-likeness (QED) is 0.853. The summed E-state index contributed by atoms with van der Waals surface area (Å²) in [5, 5.41) is 3.33. The van der Waals surface area contributed by atoms with Crippen molar-refractivity contribution in [1.82, 2.24) is 10.3 Å². The third-order valence-electron chi connectivity index (χ3n) is 3.55. The molecule has 4 nitrogen and oxygen atoms in total. The van der Waals surface area contributed by atoms with Crippen molar-refractivity contribution in [2.24, 2.45) is 0 Å². The van der Waals surface area contributed by atoms with Crippen LogP contribution in [0.3, 0.4) is 0 Å². The summed E-state index contributed by atoms with van der Waals surface area (Å²) in [5.74, 6) is 0.892. The zero-order valence-electron chi connectivity index (χ0n) is 10.1. The zero-order chi connectivity index (χ0) is 11.5. The number of aromatic nitrogens is 1. The van der Waals surface area contributed by atoms with E-state index in [1.165, 1.54) is 24.9 Å². The molecule has 0 amide bonds. The number of hydrogen-bond acceptors (Lipinski definition) is 4. The van der Waals surface area contributed by atoms with Gasteiger partial charge in [0.05, 0.1) is 18.1 Å². The van der Waals surface area contributed by atoms with Crippen molar-refractivity contribution in [2.75, 3.05) is 31.1 Å². The smallest absolute Gasteiger partial charge is 0.139 e. The number of anilines is 1. The first-order chi connectivity index (χ1) is 8.42. The van der Waals surface area contributed by atoms with E-state index in [1.54, 1.807) is 6.20 Å². The Bertz CT molecular complexity index is 373. The van der Waals surface area contributed by atoms with Gasteiger partial charge in [0.25, 0.3) is 0 Å². The van der Waals surface area contributed by atoms with Gasteiger partial charge < -0.3 is 15.0 Å². The zero-order valence-corrected chi connectivity index (χ0v) is 10.1. The van der Waals surface area contributed by atoms with E-state index in [4.69, 9.17) is 4.74 Å². The number of nitrogens with zero attached hydrogens (tertiary/aromatic N) is 2. The van der Waals surface area contributed by atoms with Gasteiger partial charge in [0, 0.05) is 25.2 Å². The van der Waals surface area contributed by atoms with Crippen LogP contribution in [-0.4, -0.2) is 37.3 Å². The van der Waals surface area contributed by atoms with E-state index in [-0.39, 0.29) is 0 Å². The van der Waals surface area contributed by atoms with Gasteiger partial charge in [-0.05, 0) is 25.8 Å². The topological polar surface area (TPSA) is 37.4 Å². The molecule has 2 aliphatic rings. The minimum Gasteiger partial charge on any atom is -0.490 e. The van der Waals surface area contributed by atoms with Gasteiger partial charge in [0.1, 0.15) is 12.4 Å². The minimum absolute atomic E-state index is 0.533. The molecule has 0 radical (unpaired) electrons. The molecule has 0 bridgehead atoms. The summed E-state index contributed by atoms with van der Waals surface area (Å²) < 4.78 is 5.76. The maximum absolute atomic E-state index is 5.76. The predicted octanol–water partition coefficient (Wildman–Crippen LogP) is 1.42. The monoisotopic (exact) mass is 233 g/mol. The van der Waals surface area contributed by atoms with Crippen LogP contribution in [-0.2, 0) is 0 Å². The summed E-state index contributed by atoms with van der Waals surface area (Å²) in [6, 6.07) is 2.64. The summed E-state index contributed by atoms with van der Waals surface area (Å²) in [6.07, 6.45) is 7.53. The van der Waals surface area contributed by atoms with Gasteiger partial charge in [-0.2, -0.15) is 0 Å². The van der Waals surface area contributed by atoms with E-state index >= 15 is 0 Å². The van der Waals surface area contributed by atoms with Gasteiger partial charge in [0.15, 0.2) is 0 Å². The summed E-state index contributed by atoms with van der Waals surface area (Å²) in [7, 11) is 0. The van der Waals surface area contributed by atoms with Crippen molar-refractivity contribution in [3.8, 4) is 5.75 Å². The van der Waals surface area contributed by atoms with Gasteiger partial charge in [-0.15, -0.1) is 0 Å². The molecule has 2 saturated heterocycles. The third kappa shape index (κ3) is 2.52. The molecule has 1 aromatic rings. The molecule has 2 aliphatic heterocycles. The molecule has 0 spiro atoms. The molecule has 3 rings (SSSR count). The highest BCUT2D eigenvalue weighted by Crippen LogP contribution is 2.23. The Labute approximate surface area is 102 Å². The summed E-state index contributed by atoms with van der Waals surface area (Å²) in [6.45, 7) is 4.18. The molecule has 92 valence electrons. The Hall–Kier alpha value is -1.29. The normalized spacial score (nSPS) is 23.5. The molecule has 1 atom stereocenters. The second kappa shape index (κ2) is 4.92. The number of nitrogens with one attached hydrogen (secondary N) is 1. The Balaban J connectivity index is 1.61. The lowest BCUT2D eigenvalue weighted by Gasteiger charge is -2.27. The number of rotatable bonds is 4. The second-order valence-corrected chi connectivity index (χ2v) is 4.82. The largest absolute Gasteiger partial charge is 0.490 e. The second-order valence-electron chi connectivity index (χ2n) is 4.82. The third-order valence-corrected chi connectivity index (χ3v) is 3.55. The summed E-state index contributed by atoms with van der Waals surface area (Å²) in [4.78, 5) is 6.64. The van der Waals surface area contributed by atoms with Crippen molar-refractivity contribution in [3.05, 3.63) is 18.5 Å². The van der Waals surface area contributed by atoms with E-state index < -0.39 is 0 Å². The lowest BCUT2D eigenvalue weighted by Crippen LogP contribution is -2.46. The average molecular weight is 233 g/mol. The molecule has 3 heterocycles. The van der Waals surface area contributed by atoms with Crippen molar-refractivity contribution < 1.29 is 4.74 Å². The van der Waals surface area contributed by atoms with E-state index in [0.717, 1.165) is 32.0 Å². The Kier molecular flexibility index (Phi) is 3.14. The fraction of sp³-hybridized carbons (Fsp3) is 0.615. The number of pyridine rings is 1. The van der Waals surface area contributed by atoms with Crippen molar-refractivity contribution >= 4 is 5.69 Å². The van der Waals surface area contributed by atoms with Gasteiger partial charge in [-0.25, -0.2) is 0 Å². The first-order valence-electron chi connectivity index (χ1n) is 6.48. The molecule has 0 unspecified atom stereocenters. The molecule has 0 aliphatic carbocycles. The van der Waals surface area contributed by atoms with Gasteiger partial charge >= 0.3 is 0 Å². The van der Waals surface area contributed by atoms with E-state index in [0.29, 0.717) is 6.04 Å². The Morgan fingerprint density at radius 1 is 1.35 bits per heavy atom. The molecular weight excluding hydrogens is 214 g/mol. The molecule has 1 aromatic heterocycles. The molecule has 0 aromatic carbocycles. The van der Waals surface area contributed by atoms with Crippen molar-refractivity contribution in [1.29, 1.82) is 0 Å². The minimum atomic E-state index is 0.533. The maximum atomic E-state index is 5.76. The SMILES string of the molecule is c1ncc(N2CCCC2)cc1OC[C@@H]1CCN1. The van der Waals surface area contributed by atoms with Gasteiger partial charge in [-0.3, -0.25) is 4.98 Å². The van der Waals surface area contributed by atoms with Crippen LogP contribution in [0.4, 0.5) is 5.69 Å². The lowest BCUT2D eigenvalue weighted by molar-refractivity contribution is 0.217. The Morgan fingerprint density at radius 3 is 2.88 bits per heavy atom. The van der Waals surface area contributed by atoms with Crippen LogP contribution >= 0.6 is 0 Å².